The number of aromatic nitrogens is 3. The quantitative estimate of drug-likeness (QED) is 0.302. The van der Waals surface area contributed by atoms with Crippen LogP contribution in [0, 0.1) is 0 Å². The summed E-state index contributed by atoms with van der Waals surface area (Å²) in [6, 6.07) is 0. The second kappa shape index (κ2) is 8.37. The summed E-state index contributed by atoms with van der Waals surface area (Å²) in [6.07, 6.45) is 0. The molecule has 84 valence electrons. The highest BCUT2D eigenvalue weighted by atomic mass is 32.1. The molecule has 0 aliphatic carbocycles. The van der Waals surface area contributed by atoms with Crippen LogP contribution in [0.25, 0.3) is 0 Å². The van der Waals surface area contributed by atoms with Crippen molar-refractivity contribution in [2.45, 2.75) is 0 Å². The fourth-order valence-corrected chi connectivity index (χ4v) is 0.427. The number of nitrogens with two attached hydrogens (primary N) is 5. The van der Waals surface area contributed by atoms with Gasteiger partial charge >= 0.3 is 0 Å². The summed E-state index contributed by atoms with van der Waals surface area (Å²) < 4.78 is 0. The van der Waals surface area contributed by atoms with E-state index in [-0.39, 0.29) is 23.0 Å². The summed E-state index contributed by atoms with van der Waals surface area (Å²) in [6.45, 7) is 2.00. The van der Waals surface area contributed by atoms with Crippen LogP contribution in [0.3, 0.4) is 0 Å². The fraction of sp³-hybridized carbons (Fsp3) is 0. The average Bonchev–Trinajstić information content (AvgIpc) is 2.03. The van der Waals surface area contributed by atoms with Crippen LogP contribution in [0.2, 0.25) is 0 Å². The minimum Gasteiger partial charge on any atom is -0.377 e. The van der Waals surface area contributed by atoms with Crippen LogP contribution in [0.5, 0.6) is 0 Å². The van der Waals surface area contributed by atoms with Crippen molar-refractivity contribution >= 4 is 42.0 Å². The van der Waals surface area contributed by atoms with Crippen LogP contribution in [0.15, 0.2) is 0 Å². The molecule has 10 heteroatoms. The Hall–Kier alpha value is -2.23. The highest BCUT2D eigenvalue weighted by Crippen LogP contribution is 1.97. The molecular weight excluding hydrogens is 220 g/mol. The van der Waals surface area contributed by atoms with Crippen molar-refractivity contribution in [1.29, 1.82) is 0 Å². The molecule has 0 bridgehead atoms. The molecule has 10 N–H and O–H groups in total. The molecule has 0 saturated carbocycles. The summed E-state index contributed by atoms with van der Waals surface area (Å²) in [5.41, 5.74) is 24.7. The lowest BCUT2D eigenvalue weighted by molar-refractivity contribution is -0.0979. The molecule has 0 fully saturated rings. The van der Waals surface area contributed by atoms with Crippen LogP contribution in [-0.4, -0.2) is 26.9 Å². The van der Waals surface area contributed by atoms with E-state index in [1.165, 1.54) is 0 Å². The number of carbonyl (C=O) groups excluding carboxylic acids is 1. The first-order valence-corrected chi connectivity index (χ1v) is 3.69. The van der Waals surface area contributed by atoms with Crippen molar-refractivity contribution in [3.63, 3.8) is 0 Å². The summed E-state index contributed by atoms with van der Waals surface area (Å²) in [4.78, 5) is 18.5. The van der Waals surface area contributed by atoms with Crippen LogP contribution in [0.4, 0.5) is 17.8 Å². The maximum Gasteiger partial charge on any atom is 0.226 e. The highest BCUT2D eigenvalue weighted by molar-refractivity contribution is 7.80. The Kier molecular flexibility index (Phi) is 8.51. The third kappa shape index (κ3) is 11.8. The number of nitrogen functional groups attached to an aromatic ring is 3. The molecule has 1 rings (SSSR count). The van der Waals surface area contributed by atoms with Gasteiger partial charge in [-0.2, -0.15) is 15.0 Å². The van der Waals surface area contributed by atoms with Crippen molar-refractivity contribution < 1.29 is 4.79 Å². The predicted molar refractivity (Wildman–Crippen MR) is 61.2 cm³/mol. The minimum absolute atomic E-state index is 0.000000000000000222. The Morgan fingerprint density at radius 3 is 1.20 bits per heavy atom. The molecular formula is C5H12N8OS. The van der Waals surface area contributed by atoms with Gasteiger partial charge in [-0.1, -0.05) is 0 Å². The lowest BCUT2D eigenvalue weighted by Gasteiger charge is -1.93. The molecule has 0 aliphatic heterocycles. The molecule has 0 amide bonds. The SMILES string of the molecule is C=O.NC(N)=S.Nc1nc(N)nc(N)n1. The maximum absolute atomic E-state index is 8.00. The van der Waals surface area contributed by atoms with E-state index in [1.54, 1.807) is 0 Å². The van der Waals surface area contributed by atoms with Gasteiger partial charge in [0.05, 0.1) is 0 Å². The predicted octanol–water partition coefficient (Wildman–Crippen LogP) is -2.38. The van der Waals surface area contributed by atoms with Gasteiger partial charge < -0.3 is 33.5 Å². The van der Waals surface area contributed by atoms with Crippen molar-refractivity contribution in [3.8, 4) is 0 Å². The van der Waals surface area contributed by atoms with E-state index in [4.69, 9.17) is 22.0 Å². The zero-order chi connectivity index (χ0) is 12.4. The van der Waals surface area contributed by atoms with Gasteiger partial charge in [0, 0.05) is 0 Å². The van der Waals surface area contributed by atoms with E-state index in [2.05, 4.69) is 38.6 Å². The van der Waals surface area contributed by atoms with Crippen LogP contribution >= 0.6 is 12.2 Å². The summed E-state index contributed by atoms with van der Waals surface area (Å²) in [5, 5.41) is 0.000000000000000222. The normalized spacial score (nSPS) is 7.47. The molecule has 0 unspecified atom stereocenters. The van der Waals surface area contributed by atoms with Crippen molar-refractivity contribution in [1.82, 2.24) is 15.0 Å². The molecule has 0 atom stereocenters. The molecule has 1 aromatic rings. The van der Waals surface area contributed by atoms with Gasteiger partial charge in [-0.3, -0.25) is 0 Å². The molecule has 0 aliphatic rings. The first-order chi connectivity index (χ1) is 6.91. The number of carbonyl (C=O) groups is 1. The zero-order valence-corrected chi connectivity index (χ0v) is 8.57. The Balaban J connectivity index is 0. The molecule has 15 heavy (non-hydrogen) atoms. The van der Waals surface area contributed by atoms with E-state index in [9.17, 15) is 0 Å². The van der Waals surface area contributed by atoms with E-state index >= 15 is 0 Å². The number of hydrogen-bond acceptors (Lipinski definition) is 8. The van der Waals surface area contributed by atoms with E-state index in [0.717, 1.165) is 0 Å². The van der Waals surface area contributed by atoms with Crippen LogP contribution < -0.4 is 28.7 Å². The summed E-state index contributed by atoms with van der Waals surface area (Å²) in [5.74, 6) is 0.125. The summed E-state index contributed by atoms with van der Waals surface area (Å²) in [7, 11) is 0. The molecule has 0 saturated heterocycles. The lowest BCUT2D eigenvalue weighted by Crippen LogP contribution is -2.18. The number of hydrogen-bond donors (Lipinski definition) is 5. The van der Waals surface area contributed by atoms with Crippen molar-refractivity contribution in [3.05, 3.63) is 0 Å². The first-order valence-electron chi connectivity index (χ1n) is 3.28. The molecule has 1 aromatic heterocycles. The smallest absolute Gasteiger partial charge is 0.226 e. The Morgan fingerprint density at radius 1 is 0.933 bits per heavy atom. The second-order valence-electron chi connectivity index (χ2n) is 1.81. The minimum atomic E-state index is 0.000000000000000222. The van der Waals surface area contributed by atoms with Gasteiger partial charge in [-0.05, 0) is 12.2 Å². The fourth-order valence-electron chi connectivity index (χ4n) is 0.427. The Morgan fingerprint density at radius 2 is 1.07 bits per heavy atom. The van der Waals surface area contributed by atoms with E-state index in [1.807, 2.05) is 6.79 Å². The van der Waals surface area contributed by atoms with E-state index in [0.29, 0.717) is 0 Å². The first kappa shape index (κ1) is 15.3. The van der Waals surface area contributed by atoms with Gasteiger partial charge in [0.25, 0.3) is 0 Å². The van der Waals surface area contributed by atoms with Gasteiger partial charge in [-0.15, -0.1) is 0 Å². The number of thiocarbonyl (C=S) groups is 1. The monoisotopic (exact) mass is 232 g/mol. The van der Waals surface area contributed by atoms with Crippen LogP contribution in [-0.2, 0) is 4.79 Å². The van der Waals surface area contributed by atoms with Gasteiger partial charge in [-0.25, -0.2) is 0 Å². The zero-order valence-electron chi connectivity index (χ0n) is 7.75. The number of nitrogens with zero attached hydrogens (tertiary/aromatic N) is 3. The molecule has 0 aromatic carbocycles. The number of rotatable bonds is 0. The molecule has 0 radical (unpaired) electrons. The maximum atomic E-state index is 8.00. The molecule has 1 heterocycles. The van der Waals surface area contributed by atoms with Gasteiger partial charge in [0.1, 0.15) is 6.79 Å². The topological polar surface area (TPSA) is 186 Å². The lowest BCUT2D eigenvalue weighted by atomic mass is 10.9. The van der Waals surface area contributed by atoms with E-state index < -0.39 is 0 Å². The Labute approximate surface area is 91.1 Å². The molecule has 0 spiro atoms. The largest absolute Gasteiger partial charge is 0.377 e. The highest BCUT2D eigenvalue weighted by Gasteiger charge is 1.93. The molecule has 9 nitrogen and oxygen atoms in total. The Bertz CT molecular complexity index is 263. The third-order valence-electron chi connectivity index (χ3n) is 0.687. The summed E-state index contributed by atoms with van der Waals surface area (Å²) >= 11 is 4.09. The standard InChI is InChI=1S/C3H6N6.CH4N2S.CH2O/c4-1-7-2(5)9-3(6)8-1;2-1(3)4;1-2/h(H6,4,5,6,7,8,9);(H4,2,3,4);1H2. The van der Waals surface area contributed by atoms with Crippen LogP contribution in [0.1, 0.15) is 0 Å². The number of anilines is 3. The van der Waals surface area contributed by atoms with Gasteiger partial charge in [0.2, 0.25) is 17.8 Å². The third-order valence-corrected chi connectivity index (χ3v) is 0.687. The average molecular weight is 232 g/mol. The second-order valence-corrected chi connectivity index (χ2v) is 2.28. The van der Waals surface area contributed by atoms with Crippen molar-refractivity contribution in [2.75, 3.05) is 17.2 Å². The van der Waals surface area contributed by atoms with Gasteiger partial charge in [0.15, 0.2) is 5.11 Å². The van der Waals surface area contributed by atoms with Crippen molar-refractivity contribution in [2.24, 2.45) is 11.5 Å².